The van der Waals surface area contributed by atoms with Crippen LogP contribution in [0.3, 0.4) is 0 Å². The number of fused-ring (bicyclic) bond motifs is 1. The second kappa shape index (κ2) is 5.76. The fourth-order valence-corrected chi connectivity index (χ4v) is 2.15. The Bertz CT molecular complexity index is 661. The third kappa shape index (κ3) is 2.88. The highest BCUT2D eigenvalue weighted by Gasteiger charge is 2.02. The summed E-state index contributed by atoms with van der Waals surface area (Å²) in [5.74, 6) is 0. The van der Waals surface area contributed by atoms with E-state index in [-0.39, 0.29) is 12.4 Å². The fraction of sp³-hybridized carbons (Fsp3) is 0.133. The van der Waals surface area contributed by atoms with Crippen LogP contribution in [0.15, 0.2) is 54.9 Å². The lowest BCUT2D eigenvalue weighted by Crippen LogP contribution is -3.00. The second-order valence-electron chi connectivity index (χ2n) is 4.42. The molecule has 0 spiro atoms. The number of nitrogens with zero attached hydrogens (tertiary/aromatic N) is 2. The number of rotatable bonds is 3. The molecule has 0 aliphatic heterocycles. The first kappa shape index (κ1) is 13.4. The summed E-state index contributed by atoms with van der Waals surface area (Å²) in [6, 6.07) is 16.3. The van der Waals surface area contributed by atoms with E-state index in [4.69, 9.17) is 5.73 Å². The number of anilines is 1. The van der Waals surface area contributed by atoms with Crippen LogP contribution < -0.4 is 18.1 Å². The van der Waals surface area contributed by atoms with E-state index < -0.39 is 0 Å². The van der Waals surface area contributed by atoms with Gasteiger partial charge in [-0.2, -0.15) is 0 Å². The van der Waals surface area contributed by atoms with Gasteiger partial charge in [0.2, 0.25) is 0 Å². The number of halogens is 1. The Balaban J connectivity index is 0.00000133. The van der Waals surface area contributed by atoms with Crippen LogP contribution in [-0.4, -0.2) is 9.55 Å². The Labute approximate surface area is 118 Å². The molecule has 2 N–H and O–H groups in total. The number of aryl methyl sites for hydroxylation is 2. The van der Waals surface area contributed by atoms with Crippen LogP contribution in [-0.2, 0) is 13.0 Å². The van der Waals surface area contributed by atoms with Crippen LogP contribution in [0.4, 0.5) is 5.69 Å². The molecule has 4 heteroatoms. The monoisotopic (exact) mass is 272 g/mol. The minimum absolute atomic E-state index is 0. The van der Waals surface area contributed by atoms with Gasteiger partial charge in [0, 0.05) is 12.2 Å². The first-order valence-electron chi connectivity index (χ1n) is 6.07. The SMILES string of the molecule is Nc1ccc2c(c1)ncn2CCc1ccccc1.[Cl-]. The molecule has 0 atom stereocenters. The van der Waals surface area contributed by atoms with E-state index in [1.54, 1.807) is 0 Å². The van der Waals surface area contributed by atoms with Crippen LogP contribution in [0.5, 0.6) is 0 Å². The molecule has 1 heterocycles. The maximum Gasteiger partial charge on any atom is 0.0958 e. The summed E-state index contributed by atoms with van der Waals surface area (Å²) in [4.78, 5) is 4.37. The number of benzene rings is 2. The van der Waals surface area contributed by atoms with Gasteiger partial charge in [-0.1, -0.05) is 30.3 Å². The van der Waals surface area contributed by atoms with E-state index in [1.807, 2.05) is 30.6 Å². The molecule has 0 amide bonds. The van der Waals surface area contributed by atoms with E-state index >= 15 is 0 Å². The van der Waals surface area contributed by atoms with Crippen molar-refractivity contribution >= 4 is 16.7 Å². The minimum atomic E-state index is 0. The van der Waals surface area contributed by atoms with Crippen LogP contribution in [0.2, 0.25) is 0 Å². The quantitative estimate of drug-likeness (QED) is 0.675. The number of nitrogens with two attached hydrogens (primary N) is 1. The van der Waals surface area contributed by atoms with Gasteiger partial charge in [-0.05, 0) is 30.2 Å². The summed E-state index contributed by atoms with van der Waals surface area (Å²) < 4.78 is 2.17. The zero-order valence-electron chi connectivity index (χ0n) is 10.5. The summed E-state index contributed by atoms with van der Waals surface area (Å²) in [6.45, 7) is 0.935. The molecule has 0 aliphatic rings. The second-order valence-corrected chi connectivity index (χ2v) is 4.42. The van der Waals surface area contributed by atoms with Crippen LogP contribution >= 0.6 is 0 Å². The van der Waals surface area contributed by atoms with Gasteiger partial charge in [-0.3, -0.25) is 0 Å². The van der Waals surface area contributed by atoms with E-state index in [9.17, 15) is 0 Å². The summed E-state index contributed by atoms with van der Waals surface area (Å²) in [5, 5.41) is 0. The van der Waals surface area contributed by atoms with Crippen molar-refractivity contribution in [3.05, 3.63) is 60.4 Å². The van der Waals surface area contributed by atoms with Crippen molar-refractivity contribution in [2.75, 3.05) is 5.73 Å². The van der Waals surface area contributed by atoms with Gasteiger partial charge in [-0.25, -0.2) is 4.98 Å². The fourth-order valence-electron chi connectivity index (χ4n) is 2.15. The van der Waals surface area contributed by atoms with Gasteiger partial charge in [-0.15, -0.1) is 0 Å². The highest BCUT2D eigenvalue weighted by atomic mass is 35.5. The normalized spacial score (nSPS) is 10.3. The average molecular weight is 273 g/mol. The van der Waals surface area contributed by atoms with Crippen molar-refractivity contribution < 1.29 is 12.4 Å². The highest BCUT2D eigenvalue weighted by molar-refractivity contribution is 5.78. The largest absolute Gasteiger partial charge is 1.00 e. The lowest BCUT2D eigenvalue weighted by molar-refractivity contribution is -0.00000370. The smallest absolute Gasteiger partial charge is 0.0958 e. The van der Waals surface area contributed by atoms with Crippen molar-refractivity contribution in [2.45, 2.75) is 13.0 Å². The minimum Gasteiger partial charge on any atom is -1.00 e. The van der Waals surface area contributed by atoms with E-state index in [2.05, 4.69) is 33.8 Å². The average Bonchev–Trinajstić information content (AvgIpc) is 2.80. The molecule has 0 radical (unpaired) electrons. The molecule has 0 aliphatic carbocycles. The molecular formula is C15H15ClN3-. The Morgan fingerprint density at radius 2 is 1.84 bits per heavy atom. The molecule has 98 valence electrons. The third-order valence-electron chi connectivity index (χ3n) is 3.13. The van der Waals surface area contributed by atoms with Crippen molar-refractivity contribution in [1.82, 2.24) is 9.55 Å². The van der Waals surface area contributed by atoms with E-state index in [0.29, 0.717) is 0 Å². The molecule has 0 unspecified atom stereocenters. The van der Waals surface area contributed by atoms with Crippen molar-refractivity contribution in [1.29, 1.82) is 0 Å². The molecule has 19 heavy (non-hydrogen) atoms. The van der Waals surface area contributed by atoms with E-state index in [1.165, 1.54) is 5.56 Å². The van der Waals surface area contributed by atoms with Crippen LogP contribution in [0.25, 0.3) is 11.0 Å². The topological polar surface area (TPSA) is 43.8 Å². The van der Waals surface area contributed by atoms with Gasteiger partial charge >= 0.3 is 0 Å². The number of imidazole rings is 1. The van der Waals surface area contributed by atoms with Gasteiger partial charge in [0.25, 0.3) is 0 Å². The first-order chi connectivity index (χ1) is 8.83. The number of hydrogen-bond acceptors (Lipinski definition) is 2. The summed E-state index contributed by atoms with van der Waals surface area (Å²) in [5.41, 5.74) is 9.95. The first-order valence-corrected chi connectivity index (χ1v) is 6.07. The van der Waals surface area contributed by atoms with Gasteiger partial charge in [0.1, 0.15) is 0 Å². The van der Waals surface area contributed by atoms with Gasteiger partial charge < -0.3 is 22.7 Å². The van der Waals surface area contributed by atoms with Crippen molar-refractivity contribution in [3.8, 4) is 0 Å². The zero-order valence-corrected chi connectivity index (χ0v) is 11.2. The molecular weight excluding hydrogens is 258 g/mol. The number of aromatic nitrogens is 2. The number of hydrogen-bond donors (Lipinski definition) is 1. The Morgan fingerprint density at radius 1 is 1.05 bits per heavy atom. The molecule has 0 bridgehead atoms. The predicted octanol–water partition coefficient (Wildman–Crippen LogP) is -0.135. The van der Waals surface area contributed by atoms with Gasteiger partial charge in [0.15, 0.2) is 0 Å². The van der Waals surface area contributed by atoms with Crippen LogP contribution in [0, 0.1) is 0 Å². The zero-order chi connectivity index (χ0) is 12.4. The highest BCUT2D eigenvalue weighted by Crippen LogP contribution is 2.16. The molecule has 0 saturated heterocycles. The van der Waals surface area contributed by atoms with Gasteiger partial charge in [0.05, 0.1) is 17.4 Å². The lowest BCUT2D eigenvalue weighted by Gasteiger charge is -2.04. The molecule has 1 aromatic heterocycles. The third-order valence-corrected chi connectivity index (χ3v) is 3.13. The molecule has 0 fully saturated rings. The van der Waals surface area contributed by atoms with E-state index in [0.717, 1.165) is 29.7 Å². The molecule has 3 nitrogen and oxygen atoms in total. The Kier molecular flexibility index (Phi) is 4.07. The maximum atomic E-state index is 5.75. The van der Waals surface area contributed by atoms with Crippen molar-refractivity contribution in [3.63, 3.8) is 0 Å². The molecule has 0 saturated carbocycles. The summed E-state index contributed by atoms with van der Waals surface area (Å²) >= 11 is 0. The van der Waals surface area contributed by atoms with Crippen molar-refractivity contribution in [2.24, 2.45) is 0 Å². The van der Waals surface area contributed by atoms with Crippen LogP contribution in [0.1, 0.15) is 5.56 Å². The Morgan fingerprint density at radius 3 is 2.63 bits per heavy atom. The lowest BCUT2D eigenvalue weighted by atomic mass is 10.1. The number of nitrogen functional groups attached to an aromatic ring is 1. The standard InChI is InChI=1S/C15H15N3.ClH/c16-13-6-7-15-14(10-13)17-11-18(15)9-8-12-4-2-1-3-5-12;/h1-7,10-11H,8-9,16H2;1H/p-1. The predicted molar refractivity (Wildman–Crippen MR) is 74.3 cm³/mol. The molecule has 2 aromatic carbocycles. The summed E-state index contributed by atoms with van der Waals surface area (Å²) in [7, 11) is 0. The summed E-state index contributed by atoms with van der Waals surface area (Å²) in [6.07, 6.45) is 2.89. The molecule has 3 rings (SSSR count). The Hall–Kier alpha value is -2.00. The maximum absolute atomic E-state index is 5.75. The molecule has 3 aromatic rings.